The number of hydrogen-bond acceptors (Lipinski definition) is 2. The van der Waals surface area contributed by atoms with Crippen molar-refractivity contribution in [1.82, 2.24) is 10.2 Å². The Balaban J connectivity index is 2.74. The summed E-state index contributed by atoms with van der Waals surface area (Å²) in [5.41, 5.74) is 0. The zero-order chi connectivity index (χ0) is 11.4. The van der Waals surface area contributed by atoms with Gasteiger partial charge >= 0.3 is 0 Å². The Hall–Kier alpha value is -0.570. The van der Waals surface area contributed by atoms with Gasteiger partial charge in [-0.1, -0.05) is 27.2 Å². The van der Waals surface area contributed by atoms with Crippen LogP contribution < -0.4 is 5.32 Å². The highest BCUT2D eigenvalue weighted by Crippen LogP contribution is 2.21. The van der Waals surface area contributed by atoms with E-state index >= 15 is 0 Å². The highest BCUT2D eigenvalue weighted by atomic mass is 16.2. The Kier molecular flexibility index (Phi) is 4.58. The fraction of sp³-hybridized carbons (Fsp3) is 0.917. The van der Waals surface area contributed by atoms with E-state index in [9.17, 15) is 4.79 Å². The summed E-state index contributed by atoms with van der Waals surface area (Å²) in [6.07, 6.45) is 4.57. The minimum atomic E-state index is 0.000793. The van der Waals surface area contributed by atoms with Gasteiger partial charge in [-0.15, -0.1) is 0 Å². The summed E-state index contributed by atoms with van der Waals surface area (Å²) in [4.78, 5) is 14.1. The fourth-order valence-electron chi connectivity index (χ4n) is 2.44. The molecule has 1 aliphatic rings. The van der Waals surface area contributed by atoms with Crippen LogP contribution >= 0.6 is 0 Å². The first-order valence-electron chi connectivity index (χ1n) is 6.23. The molecule has 1 fully saturated rings. The maximum absolute atomic E-state index is 12.0. The molecule has 1 heterocycles. The third kappa shape index (κ3) is 2.51. The summed E-state index contributed by atoms with van der Waals surface area (Å²) in [6, 6.07) is 0.422. The second-order valence-electron chi connectivity index (χ2n) is 4.41. The molecule has 0 aromatic carbocycles. The van der Waals surface area contributed by atoms with Gasteiger partial charge in [0.05, 0.1) is 12.2 Å². The second kappa shape index (κ2) is 5.50. The summed E-state index contributed by atoms with van der Waals surface area (Å²) in [6.45, 7) is 8.45. The number of rotatable bonds is 5. The van der Waals surface area contributed by atoms with Gasteiger partial charge in [0.25, 0.3) is 0 Å². The molecule has 88 valence electrons. The molecule has 1 amide bonds. The number of nitrogens with zero attached hydrogens (tertiary/aromatic N) is 1. The van der Waals surface area contributed by atoms with Crippen molar-refractivity contribution in [2.75, 3.05) is 0 Å². The zero-order valence-corrected chi connectivity index (χ0v) is 10.4. The lowest BCUT2D eigenvalue weighted by Crippen LogP contribution is -2.44. The summed E-state index contributed by atoms with van der Waals surface area (Å²) in [5.74, 6) is 0.280. The second-order valence-corrected chi connectivity index (χ2v) is 4.41. The van der Waals surface area contributed by atoms with Crippen molar-refractivity contribution >= 4 is 5.91 Å². The molecular weight excluding hydrogens is 188 g/mol. The van der Waals surface area contributed by atoms with Crippen molar-refractivity contribution in [2.45, 2.75) is 71.6 Å². The molecule has 0 spiro atoms. The van der Waals surface area contributed by atoms with Crippen LogP contribution in [0.1, 0.15) is 53.4 Å². The molecule has 0 aromatic heterocycles. The summed E-state index contributed by atoms with van der Waals surface area (Å²) in [5, 5.41) is 3.35. The molecule has 3 heteroatoms. The molecule has 1 saturated heterocycles. The van der Waals surface area contributed by atoms with Gasteiger partial charge in [-0.2, -0.15) is 0 Å². The SMILES string of the molecule is CCCC(CC)N1C(=O)C(C)NC1CC. The van der Waals surface area contributed by atoms with E-state index < -0.39 is 0 Å². The monoisotopic (exact) mass is 212 g/mol. The average molecular weight is 212 g/mol. The van der Waals surface area contributed by atoms with Crippen LogP contribution in [0.25, 0.3) is 0 Å². The number of hydrogen-bond donors (Lipinski definition) is 1. The summed E-state index contributed by atoms with van der Waals surface area (Å²) in [7, 11) is 0. The third-order valence-corrected chi connectivity index (χ3v) is 3.28. The molecule has 3 atom stereocenters. The van der Waals surface area contributed by atoms with E-state index in [-0.39, 0.29) is 18.1 Å². The first kappa shape index (κ1) is 12.5. The van der Waals surface area contributed by atoms with Crippen LogP contribution in [0.3, 0.4) is 0 Å². The Labute approximate surface area is 93.2 Å². The van der Waals surface area contributed by atoms with Gasteiger partial charge in [0, 0.05) is 6.04 Å². The molecule has 0 aliphatic carbocycles. The van der Waals surface area contributed by atoms with Crippen LogP contribution in [-0.2, 0) is 4.79 Å². The third-order valence-electron chi connectivity index (χ3n) is 3.28. The van der Waals surface area contributed by atoms with Crippen LogP contribution in [0.4, 0.5) is 0 Å². The van der Waals surface area contributed by atoms with Crippen LogP contribution in [0.5, 0.6) is 0 Å². The molecule has 0 radical (unpaired) electrons. The minimum absolute atomic E-state index is 0.000793. The van der Waals surface area contributed by atoms with Crippen molar-refractivity contribution in [1.29, 1.82) is 0 Å². The molecule has 1 rings (SSSR count). The summed E-state index contributed by atoms with van der Waals surface area (Å²) < 4.78 is 0. The quantitative estimate of drug-likeness (QED) is 0.757. The van der Waals surface area contributed by atoms with E-state index in [1.54, 1.807) is 0 Å². The maximum atomic E-state index is 12.0. The Bertz CT molecular complexity index is 218. The molecule has 0 aromatic rings. The maximum Gasteiger partial charge on any atom is 0.240 e. The van der Waals surface area contributed by atoms with Gasteiger partial charge in [-0.25, -0.2) is 0 Å². The highest BCUT2D eigenvalue weighted by Gasteiger charge is 2.38. The predicted octanol–water partition coefficient (Wildman–Crippen LogP) is 2.12. The van der Waals surface area contributed by atoms with Gasteiger partial charge in [-0.05, 0) is 26.2 Å². The van der Waals surface area contributed by atoms with Crippen molar-refractivity contribution in [2.24, 2.45) is 0 Å². The van der Waals surface area contributed by atoms with Crippen LogP contribution in [0.15, 0.2) is 0 Å². The van der Waals surface area contributed by atoms with Gasteiger partial charge in [0.15, 0.2) is 0 Å². The van der Waals surface area contributed by atoms with Gasteiger partial charge < -0.3 is 4.90 Å². The molecule has 0 bridgehead atoms. The molecular formula is C12H24N2O. The zero-order valence-electron chi connectivity index (χ0n) is 10.4. The van der Waals surface area contributed by atoms with Gasteiger partial charge in [0.1, 0.15) is 0 Å². The van der Waals surface area contributed by atoms with E-state index in [0.717, 1.165) is 25.7 Å². The van der Waals surface area contributed by atoms with Crippen molar-refractivity contribution in [3.8, 4) is 0 Å². The predicted molar refractivity (Wildman–Crippen MR) is 62.5 cm³/mol. The minimum Gasteiger partial charge on any atom is -0.323 e. The van der Waals surface area contributed by atoms with E-state index in [0.29, 0.717) is 6.04 Å². The molecule has 0 saturated carbocycles. The highest BCUT2D eigenvalue weighted by molar-refractivity contribution is 5.84. The fourth-order valence-corrected chi connectivity index (χ4v) is 2.44. The first-order chi connectivity index (χ1) is 7.15. The van der Waals surface area contributed by atoms with Crippen molar-refractivity contribution in [3.63, 3.8) is 0 Å². The van der Waals surface area contributed by atoms with E-state index in [1.807, 2.05) is 6.92 Å². The number of carbonyl (C=O) groups excluding carboxylic acids is 1. The largest absolute Gasteiger partial charge is 0.323 e. The lowest BCUT2D eigenvalue weighted by molar-refractivity contribution is -0.132. The number of nitrogens with one attached hydrogen (secondary N) is 1. The van der Waals surface area contributed by atoms with E-state index in [1.165, 1.54) is 0 Å². The van der Waals surface area contributed by atoms with Crippen molar-refractivity contribution < 1.29 is 4.79 Å². The smallest absolute Gasteiger partial charge is 0.240 e. The Morgan fingerprint density at radius 1 is 1.40 bits per heavy atom. The van der Waals surface area contributed by atoms with Crippen LogP contribution in [0.2, 0.25) is 0 Å². The number of amides is 1. The van der Waals surface area contributed by atoms with Gasteiger partial charge in [-0.3, -0.25) is 10.1 Å². The standard InChI is InChI=1S/C12H24N2O/c1-5-8-10(6-2)14-11(7-3)13-9(4)12(14)15/h9-11,13H,5-8H2,1-4H3. The van der Waals surface area contributed by atoms with E-state index in [2.05, 4.69) is 31.0 Å². The molecule has 1 aliphatic heterocycles. The normalized spacial score (nSPS) is 28.5. The first-order valence-corrected chi connectivity index (χ1v) is 6.23. The topological polar surface area (TPSA) is 32.3 Å². The van der Waals surface area contributed by atoms with Crippen LogP contribution in [-0.4, -0.2) is 29.1 Å². The Morgan fingerprint density at radius 2 is 2.07 bits per heavy atom. The van der Waals surface area contributed by atoms with E-state index in [4.69, 9.17) is 0 Å². The summed E-state index contributed by atoms with van der Waals surface area (Å²) >= 11 is 0. The van der Waals surface area contributed by atoms with Crippen LogP contribution in [0, 0.1) is 0 Å². The Morgan fingerprint density at radius 3 is 2.53 bits per heavy atom. The number of carbonyl (C=O) groups is 1. The average Bonchev–Trinajstić information content (AvgIpc) is 2.52. The molecule has 1 N–H and O–H groups in total. The molecule has 15 heavy (non-hydrogen) atoms. The molecule has 3 nitrogen and oxygen atoms in total. The van der Waals surface area contributed by atoms with Crippen molar-refractivity contribution in [3.05, 3.63) is 0 Å². The van der Waals surface area contributed by atoms with Gasteiger partial charge in [0.2, 0.25) is 5.91 Å². The molecule has 3 unspecified atom stereocenters. The lowest BCUT2D eigenvalue weighted by Gasteiger charge is -2.31. The lowest BCUT2D eigenvalue weighted by atomic mass is 10.1.